The number of aromatic nitrogens is 4. The quantitative estimate of drug-likeness (QED) is 0.594. The maximum absolute atomic E-state index is 13.6. The van der Waals surface area contributed by atoms with Crippen molar-refractivity contribution in [2.75, 3.05) is 30.0 Å². The summed E-state index contributed by atoms with van der Waals surface area (Å²) in [4.78, 5) is 31.6. The number of benzene rings is 1. The van der Waals surface area contributed by atoms with Crippen molar-refractivity contribution in [1.29, 1.82) is 0 Å². The van der Waals surface area contributed by atoms with E-state index >= 15 is 0 Å². The Balaban J connectivity index is 1.47. The SMILES string of the molecule is CC#CCn1c(N2CCCC(N)C2)nc2c1C(=O)N(Cc1nc(C)c3ccccc3n1)CN2. The molecule has 1 saturated heterocycles. The Hall–Kier alpha value is -3.64. The van der Waals surface area contributed by atoms with Crippen LogP contribution in [0.3, 0.4) is 0 Å². The van der Waals surface area contributed by atoms with Crippen LogP contribution in [-0.4, -0.2) is 56.1 Å². The Labute approximate surface area is 193 Å². The molecule has 3 N–H and O–H groups in total. The van der Waals surface area contributed by atoms with E-state index in [1.807, 2.05) is 35.8 Å². The molecule has 0 saturated carbocycles. The smallest absolute Gasteiger partial charge is 0.276 e. The number of nitrogens with two attached hydrogens (primary N) is 1. The van der Waals surface area contributed by atoms with Crippen LogP contribution in [0.2, 0.25) is 0 Å². The molecule has 2 aliphatic rings. The topological polar surface area (TPSA) is 105 Å². The van der Waals surface area contributed by atoms with E-state index in [0.717, 1.165) is 48.5 Å². The normalized spacial score (nSPS) is 18.0. The zero-order valence-electron chi connectivity index (χ0n) is 19.0. The van der Waals surface area contributed by atoms with Crippen LogP contribution in [0, 0.1) is 18.8 Å². The molecule has 0 radical (unpaired) electrons. The molecule has 2 aliphatic heterocycles. The summed E-state index contributed by atoms with van der Waals surface area (Å²) in [5, 5.41) is 4.33. The number of nitrogens with zero attached hydrogens (tertiary/aromatic N) is 6. The first-order chi connectivity index (χ1) is 16.0. The van der Waals surface area contributed by atoms with E-state index < -0.39 is 0 Å². The number of hydrogen-bond acceptors (Lipinski definition) is 7. The first-order valence-corrected chi connectivity index (χ1v) is 11.3. The van der Waals surface area contributed by atoms with Gasteiger partial charge in [0.2, 0.25) is 5.95 Å². The van der Waals surface area contributed by atoms with E-state index in [9.17, 15) is 4.79 Å². The highest BCUT2D eigenvalue weighted by molar-refractivity contribution is 5.99. The summed E-state index contributed by atoms with van der Waals surface area (Å²) in [5.74, 6) is 7.89. The van der Waals surface area contributed by atoms with Crippen molar-refractivity contribution in [3.05, 3.63) is 41.5 Å². The van der Waals surface area contributed by atoms with Crippen LogP contribution in [0.4, 0.5) is 11.8 Å². The van der Waals surface area contributed by atoms with Crippen LogP contribution < -0.4 is 16.0 Å². The molecular formula is C24H28N8O. The zero-order valence-corrected chi connectivity index (χ0v) is 19.0. The van der Waals surface area contributed by atoms with Crippen molar-refractivity contribution >= 4 is 28.6 Å². The number of anilines is 2. The number of hydrogen-bond donors (Lipinski definition) is 2. The average Bonchev–Trinajstić information content (AvgIpc) is 3.19. The molecule has 170 valence electrons. The standard InChI is InChI=1S/C24H28N8O/c1-3-4-12-32-21-22(29-24(32)30-11-7-8-17(25)13-30)26-15-31(23(21)33)14-20-27-16(2)18-9-5-6-10-19(18)28-20/h5-6,9-10,17,26H,7-8,11-15,25H2,1-2H3. The summed E-state index contributed by atoms with van der Waals surface area (Å²) < 4.78 is 1.91. The van der Waals surface area contributed by atoms with Crippen LogP contribution in [0.15, 0.2) is 24.3 Å². The molecule has 9 heteroatoms. The third-order valence-electron chi connectivity index (χ3n) is 6.20. The molecule has 9 nitrogen and oxygen atoms in total. The molecule has 2 aromatic heterocycles. The predicted octanol–water partition coefficient (Wildman–Crippen LogP) is 2.11. The van der Waals surface area contributed by atoms with Gasteiger partial charge in [-0.25, -0.2) is 9.97 Å². The Morgan fingerprint density at radius 2 is 2.09 bits per heavy atom. The Morgan fingerprint density at radius 3 is 2.91 bits per heavy atom. The zero-order chi connectivity index (χ0) is 22.9. The van der Waals surface area contributed by atoms with E-state index in [-0.39, 0.29) is 11.9 Å². The van der Waals surface area contributed by atoms with Gasteiger partial charge in [0.25, 0.3) is 5.91 Å². The fraction of sp³-hybridized carbons (Fsp3) is 0.417. The first-order valence-electron chi connectivity index (χ1n) is 11.3. The molecule has 4 heterocycles. The fourth-order valence-electron chi connectivity index (χ4n) is 4.58. The second-order valence-electron chi connectivity index (χ2n) is 8.55. The molecule has 1 atom stereocenters. The Kier molecular flexibility index (Phi) is 5.60. The molecule has 1 amide bonds. The van der Waals surface area contributed by atoms with Crippen LogP contribution in [0.25, 0.3) is 10.9 Å². The maximum Gasteiger partial charge on any atom is 0.276 e. The summed E-state index contributed by atoms with van der Waals surface area (Å²) in [6, 6.07) is 8.02. The minimum atomic E-state index is -0.101. The van der Waals surface area contributed by atoms with Gasteiger partial charge in [0, 0.05) is 30.2 Å². The Morgan fingerprint density at radius 1 is 1.24 bits per heavy atom. The van der Waals surface area contributed by atoms with Gasteiger partial charge >= 0.3 is 0 Å². The van der Waals surface area contributed by atoms with Gasteiger partial charge in [0.05, 0.1) is 25.3 Å². The summed E-state index contributed by atoms with van der Waals surface area (Å²) in [6.07, 6.45) is 2.01. The highest BCUT2D eigenvalue weighted by atomic mass is 16.2. The first kappa shape index (κ1) is 21.2. The summed E-state index contributed by atoms with van der Waals surface area (Å²) in [5.41, 5.74) is 8.52. The van der Waals surface area contributed by atoms with Crippen LogP contribution in [0.1, 0.15) is 41.8 Å². The number of fused-ring (bicyclic) bond motifs is 2. The lowest BCUT2D eigenvalue weighted by Gasteiger charge is -2.32. The van der Waals surface area contributed by atoms with Gasteiger partial charge in [-0.15, -0.1) is 5.92 Å². The van der Waals surface area contributed by atoms with Gasteiger partial charge in [-0.3, -0.25) is 9.36 Å². The second-order valence-corrected chi connectivity index (χ2v) is 8.55. The Bertz CT molecular complexity index is 1270. The molecule has 0 aliphatic carbocycles. The summed E-state index contributed by atoms with van der Waals surface area (Å²) >= 11 is 0. The number of imidazole rings is 1. The fourth-order valence-corrected chi connectivity index (χ4v) is 4.58. The van der Waals surface area contributed by atoms with Gasteiger partial charge < -0.3 is 20.9 Å². The lowest BCUT2D eigenvalue weighted by atomic mass is 10.1. The number of rotatable bonds is 4. The molecule has 0 spiro atoms. The highest BCUT2D eigenvalue weighted by Gasteiger charge is 2.34. The highest BCUT2D eigenvalue weighted by Crippen LogP contribution is 2.30. The van der Waals surface area contributed by atoms with Crippen LogP contribution in [0.5, 0.6) is 0 Å². The second kappa shape index (κ2) is 8.71. The number of nitrogens with one attached hydrogen (secondary N) is 1. The predicted molar refractivity (Wildman–Crippen MR) is 128 cm³/mol. The maximum atomic E-state index is 13.6. The van der Waals surface area contributed by atoms with Gasteiger partial charge in [-0.2, -0.15) is 4.98 Å². The van der Waals surface area contributed by atoms with E-state index in [4.69, 9.17) is 10.7 Å². The van der Waals surface area contributed by atoms with Gasteiger partial charge in [0.1, 0.15) is 5.82 Å². The minimum absolute atomic E-state index is 0.101. The molecule has 1 unspecified atom stereocenters. The van der Waals surface area contributed by atoms with Gasteiger partial charge in [-0.1, -0.05) is 24.1 Å². The third kappa shape index (κ3) is 3.98. The van der Waals surface area contributed by atoms with Crippen LogP contribution >= 0.6 is 0 Å². The monoisotopic (exact) mass is 444 g/mol. The number of amides is 1. The van der Waals surface area contributed by atoms with Crippen molar-refractivity contribution in [2.45, 2.75) is 45.8 Å². The number of para-hydroxylation sites is 1. The van der Waals surface area contributed by atoms with Gasteiger partial charge in [-0.05, 0) is 32.8 Å². The molecule has 1 aromatic carbocycles. The summed E-state index contributed by atoms with van der Waals surface area (Å²) in [7, 11) is 0. The number of piperidine rings is 1. The van der Waals surface area contributed by atoms with E-state index in [2.05, 4.69) is 32.0 Å². The number of carbonyl (C=O) groups excluding carboxylic acids is 1. The van der Waals surface area contributed by atoms with Crippen molar-refractivity contribution in [2.24, 2.45) is 5.73 Å². The third-order valence-corrected chi connectivity index (χ3v) is 6.20. The molecule has 33 heavy (non-hydrogen) atoms. The molecule has 5 rings (SSSR count). The number of carbonyl (C=O) groups is 1. The van der Waals surface area contributed by atoms with Crippen molar-refractivity contribution < 1.29 is 4.79 Å². The van der Waals surface area contributed by atoms with Crippen molar-refractivity contribution in [1.82, 2.24) is 24.4 Å². The molecule has 0 bridgehead atoms. The van der Waals surface area contributed by atoms with Crippen molar-refractivity contribution in [3.8, 4) is 11.8 Å². The summed E-state index contributed by atoms with van der Waals surface area (Å²) in [6.45, 7) is 6.40. The molecule has 1 fully saturated rings. The molecular weight excluding hydrogens is 416 g/mol. The van der Waals surface area contributed by atoms with Crippen molar-refractivity contribution in [3.63, 3.8) is 0 Å². The van der Waals surface area contributed by atoms with E-state index in [1.165, 1.54) is 0 Å². The average molecular weight is 445 g/mol. The van der Waals surface area contributed by atoms with E-state index in [0.29, 0.717) is 37.1 Å². The minimum Gasteiger partial charge on any atom is -0.350 e. The van der Waals surface area contributed by atoms with E-state index in [1.54, 1.807) is 11.8 Å². The number of aryl methyl sites for hydroxylation is 1. The largest absolute Gasteiger partial charge is 0.350 e. The lowest BCUT2D eigenvalue weighted by molar-refractivity contribution is 0.0731. The molecule has 3 aromatic rings. The van der Waals surface area contributed by atoms with Gasteiger partial charge in [0.15, 0.2) is 11.5 Å². The lowest BCUT2D eigenvalue weighted by Crippen LogP contribution is -2.44. The van der Waals surface area contributed by atoms with Crippen LogP contribution in [-0.2, 0) is 13.1 Å².